The fraction of sp³-hybridized carbons (Fsp3) is 0.429. The monoisotopic (exact) mass is 276 g/mol. The summed E-state index contributed by atoms with van der Waals surface area (Å²) in [5.74, 6) is -0.397. The van der Waals surface area contributed by atoms with Gasteiger partial charge in [-0.15, -0.1) is 0 Å². The lowest BCUT2D eigenvalue weighted by Gasteiger charge is -2.30. The zero-order valence-corrected chi connectivity index (χ0v) is 11.8. The highest BCUT2D eigenvalue weighted by atomic mass is 16.2. The number of benzene rings is 1. The lowest BCUT2D eigenvalue weighted by molar-refractivity contribution is -0.117. The molecule has 0 bridgehead atoms. The summed E-state index contributed by atoms with van der Waals surface area (Å²) in [5, 5.41) is 2.81. The van der Waals surface area contributed by atoms with E-state index >= 15 is 0 Å². The normalized spacial score (nSPS) is 13.8. The van der Waals surface area contributed by atoms with E-state index in [4.69, 9.17) is 11.5 Å². The molecule has 6 heteroatoms. The summed E-state index contributed by atoms with van der Waals surface area (Å²) in [4.78, 5) is 24.5. The van der Waals surface area contributed by atoms with Crippen LogP contribution in [0.5, 0.6) is 0 Å². The number of nitrogens with zero attached hydrogens (tertiary/aromatic N) is 1. The van der Waals surface area contributed by atoms with Gasteiger partial charge in [-0.05, 0) is 38.0 Å². The molecule has 108 valence electrons. The molecular weight excluding hydrogens is 256 g/mol. The van der Waals surface area contributed by atoms with Crippen LogP contribution in [0.2, 0.25) is 0 Å². The van der Waals surface area contributed by atoms with Gasteiger partial charge in [-0.3, -0.25) is 9.59 Å². The smallest absolute Gasteiger partial charge is 0.236 e. The molecule has 6 nitrogen and oxygen atoms in total. The summed E-state index contributed by atoms with van der Waals surface area (Å²) in [5.41, 5.74) is 14.5. The highest BCUT2D eigenvalue weighted by molar-refractivity contribution is 5.96. The van der Waals surface area contributed by atoms with E-state index in [-0.39, 0.29) is 18.5 Å². The molecule has 1 aliphatic heterocycles. The average Bonchev–Trinajstić information content (AvgIpc) is 2.35. The number of rotatable bonds is 4. The third-order valence-electron chi connectivity index (χ3n) is 3.41. The molecule has 2 rings (SSSR count). The Labute approximate surface area is 118 Å². The maximum atomic E-state index is 11.4. The predicted octanol–water partition coefficient (Wildman–Crippen LogP) is 0.854. The number of anilines is 3. The Balaban J connectivity index is 2.40. The van der Waals surface area contributed by atoms with Gasteiger partial charge >= 0.3 is 0 Å². The van der Waals surface area contributed by atoms with Crippen LogP contribution in [0.25, 0.3) is 0 Å². The molecule has 0 atom stereocenters. The van der Waals surface area contributed by atoms with Crippen LogP contribution < -0.4 is 21.7 Å². The lowest BCUT2D eigenvalue weighted by atomic mass is 10.0. The molecule has 0 saturated heterocycles. The molecule has 0 radical (unpaired) electrons. The number of carbonyl (C=O) groups excluding carboxylic acids is 2. The van der Waals surface area contributed by atoms with Crippen LogP contribution >= 0.6 is 0 Å². The summed E-state index contributed by atoms with van der Waals surface area (Å²) < 4.78 is 0. The first-order chi connectivity index (χ1) is 9.38. The number of aryl methyl sites for hydroxylation is 1. The molecule has 1 aliphatic rings. The first-order valence-electron chi connectivity index (χ1n) is 6.65. The highest BCUT2D eigenvalue weighted by Crippen LogP contribution is 2.33. The number of primary amides is 1. The van der Waals surface area contributed by atoms with Crippen molar-refractivity contribution < 1.29 is 9.59 Å². The van der Waals surface area contributed by atoms with Crippen LogP contribution in [0.1, 0.15) is 25.8 Å². The molecule has 0 aromatic heterocycles. The maximum absolute atomic E-state index is 11.4. The molecule has 1 heterocycles. The summed E-state index contributed by atoms with van der Waals surface area (Å²) in [6, 6.07) is 3.78. The van der Waals surface area contributed by atoms with Crippen LogP contribution in [0, 0.1) is 0 Å². The van der Waals surface area contributed by atoms with Crippen molar-refractivity contribution in [2.24, 2.45) is 5.73 Å². The number of hydrogen-bond donors (Lipinski definition) is 3. The number of nitrogens with one attached hydrogen (secondary N) is 1. The topological polar surface area (TPSA) is 101 Å². The van der Waals surface area contributed by atoms with Crippen LogP contribution in [-0.2, 0) is 16.0 Å². The third-order valence-corrected chi connectivity index (χ3v) is 3.41. The van der Waals surface area contributed by atoms with Gasteiger partial charge in [0.1, 0.15) is 0 Å². The van der Waals surface area contributed by atoms with E-state index in [1.54, 1.807) is 6.07 Å². The Morgan fingerprint density at radius 3 is 2.70 bits per heavy atom. The third kappa shape index (κ3) is 2.84. The summed E-state index contributed by atoms with van der Waals surface area (Å²) >= 11 is 0. The number of nitrogen functional groups attached to an aromatic ring is 1. The Kier molecular flexibility index (Phi) is 3.83. The lowest BCUT2D eigenvalue weighted by Crippen LogP contribution is -2.39. The van der Waals surface area contributed by atoms with Gasteiger partial charge in [-0.25, -0.2) is 0 Å². The van der Waals surface area contributed by atoms with Crippen molar-refractivity contribution in [2.45, 2.75) is 32.7 Å². The summed E-state index contributed by atoms with van der Waals surface area (Å²) in [7, 11) is 0. The Bertz CT molecular complexity index is 554. The summed E-state index contributed by atoms with van der Waals surface area (Å²) in [6.45, 7) is 4.07. The van der Waals surface area contributed by atoms with E-state index in [2.05, 4.69) is 5.32 Å². The van der Waals surface area contributed by atoms with Crippen molar-refractivity contribution in [1.29, 1.82) is 0 Å². The molecule has 0 unspecified atom stereocenters. The van der Waals surface area contributed by atoms with Crippen molar-refractivity contribution in [1.82, 2.24) is 0 Å². The first-order valence-corrected chi connectivity index (χ1v) is 6.65. The second-order valence-corrected chi connectivity index (χ2v) is 5.30. The van der Waals surface area contributed by atoms with Crippen molar-refractivity contribution in [3.8, 4) is 0 Å². The highest BCUT2D eigenvalue weighted by Gasteiger charge is 2.21. The molecule has 0 aliphatic carbocycles. The van der Waals surface area contributed by atoms with E-state index in [0.717, 1.165) is 16.9 Å². The minimum absolute atomic E-state index is 0.00232. The molecule has 1 aromatic rings. The molecule has 20 heavy (non-hydrogen) atoms. The van der Waals surface area contributed by atoms with Crippen molar-refractivity contribution in [3.63, 3.8) is 0 Å². The maximum Gasteiger partial charge on any atom is 0.236 e. The van der Waals surface area contributed by atoms with Crippen LogP contribution in [0.15, 0.2) is 12.1 Å². The Morgan fingerprint density at radius 2 is 2.10 bits per heavy atom. The van der Waals surface area contributed by atoms with E-state index in [0.29, 0.717) is 18.5 Å². The zero-order chi connectivity index (χ0) is 14.9. The van der Waals surface area contributed by atoms with Crippen LogP contribution in [0.3, 0.4) is 0 Å². The predicted molar refractivity (Wildman–Crippen MR) is 79.5 cm³/mol. The summed E-state index contributed by atoms with van der Waals surface area (Å²) in [6.07, 6.45) is 1.14. The standard InChI is InChI=1S/C14H20N4O2/c1-8(2)18(7-13(16)19)12-5-9-3-4-14(20)17-11(9)6-10(12)15/h5-6,8H,3-4,7,15H2,1-2H3,(H2,16,19)(H,17,20). The van der Waals surface area contributed by atoms with Gasteiger partial charge in [0, 0.05) is 18.2 Å². The molecule has 0 fully saturated rings. The molecule has 1 aromatic carbocycles. The number of nitrogens with two attached hydrogens (primary N) is 2. The van der Waals surface area contributed by atoms with Gasteiger partial charge in [-0.1, -0.05) is 0 Å². The number of fused-ring (bicyclic) bond motifs is 1. The van der Waals surface area contributed by atoms with E-state index in [1.165, 1.54) is 0 Å². The van der Waals surface area contributed by atoms with Crippen LogP contribution in [0.4, 0.5) is 17.1 Å². The van der Waals surface area contributed by atoms with Crippen molar-refractivity contribution >= 4 is 28.9 Å². The number of carbonyl (C=O) groups is 2. The van der Waals surface area contributed by atoms with Gasteiger partial charge < -0.3 is 21.7 Å². The second-order valence-electron chi connectivity index (χ2n) is 5.30. The minimum Gasteiger partial charge on any atom is -0.397 e. The van der Waals surface area contributed by atoms with Crippen LogP contribution in [-0.4, -0.2) is 24.4 Å². The van der Waals surface area contributed by atoms with Gasteiger partial charge in [-0.2, -0.15) is 0 Å². The van der Waals surface area contributed by atoms with Gasteiger partial charge in [0.15, 0.2) is 0 Å². The van der Waals surface area contributed by atoms with Gasteiger partial charge in [0.05, 0.1) is 17.9 Å². The Hall–Kier alpha value is -2.24. The van der Waals surface area contributed by atoms with E-state index < -0.39 is 5.91 Å². The van der Waals surface area contributed by atoms with Crippen molar-refractivity contribution in [2.75, 3.05) is 22.5 Å². The first kappa shape index (κ1) is 14.2. The fourth-order valence-electron chi connectivity index (χ4n) is 2.39. The SMILES string of the molecule is CC(C)N(CC(N)=O)c1cc2c(cc1N)NC(=O)CC2. The number of amides is 2. The van der Waals surface area contributed by atoms with Gasteiger partial charge in [0.2, 0.25) is 11.8 Å². The van der Waals surface area contributed by atoms with Crippen molar-refractivity contribution in [3.05, 3.63) is 17.7 Å². The Morgan fingerprint density at radius 1 is 1.40 bits per heavy atom. The quantitative estimate of drug-likeness (QED) is 0.710. The van der Waals surface area contributed by atoms with E-state index in [1.807, 2.05) is 24.8 Å². The average molecular weight is 276 g/mol. The zero-order valence-electron chi connectivity index (χ0n) is 11.8. The number of hydrogen-bond acceptors (Lipinski definition) is 4. The molecule has 0 spiro atoms. The molecule has 2 amide bonds. The van der Waals surface area contributed by atoms with E-state index in [9.17, 15) is 9.59 Å². The molecule has 5 N–H and O–H groups in total. The molecular formula is C14H20N4O2. The minimum atomic E-state index is -0.399. The molecule has 0 saturated carbocycles. The largest absolute Gasteiger partial charge is 0.397 e. The fourth-order valence-corrected chi connectivity index (χ4v) is 2.39. The second kappa shape index (κ2) is 5.40. The van der Waals surface area contributed by atoms with Gasteiger partial charge in [0.25, 0.3) is 0 Å².